The van der Waals surface area contributed by atoms with Crippen LogP contribution in [-0.2, 0) is 9.53 Å². The zero-order valence-electron chi connectivity index (χ0n) is 12.4. The average Bonchev–Trinajstić information content (AvgIpc) is 2.89. The number of esters is 1. The third kappa shape index (κ3) is 3.03. The van der Waals surface area contributed by atoms with Crippen LogP contribution in [0.4, 0.5) is 5.69 Å². The monoisotopic (exact) mass is 307 g/mol. The normalized spacial score (nSPS) is 15.4. The minimum absolute atomic E-state index is 0.0509. The maximum absolute atomic E-state index is 12.0. The summed E-state index contributed by atoms with van der Waals surface area (Å²) in [4.78, 5) is 22.6. The second-order valence-corrected chi connectivity index (χ2v) is 5.18. The lowest BCUT2D eigenvalue weighted by Gasteiger charge is -2.01. The molecule has 0 aliphatic carbocycles. The largest absolute Gasteiger partial charge is 0.422 e. The summed E-state index contributed by atoms with van der Waals surface area (Å²) in [6.45, 7) is 1.97. The number of benzene rings is 2. The lowest BCUT2D eigenvalue weighted by atomic mass is 10.1. The van der Waals surface area contributed by atoms with Gasteiger partial charge in [-0.2, -0.15) is 0 Å². The van der Waals surface area contributed by atoms with E-state index >= 15 is 0 Å². The van der Waals surface area contributed by atoms with Gasteiger partial charge in [-0.3, -0.25) is 10.1 Å². The van der Waals surface area contributed by atoms with Crippen LogP contribution in [0.2, 0.25) is 0 Å². The second kappa shape index (κ2) is 5.88. The highest BCUT2D eigenvalue weighted by atomic mass is 16.6. The molecule has 2 aromatic carbocycles. The Labute approximate surface area is 132 Å². The highest BCUT2D eigenvalue weighted by molar-refractivity contribution is 6.05. The van der Waals surface area contributed by atoms with Crippen molar-refractivity contribution in [2.45, 2.75) is 6.92 Å². The molecule has 1 heterocycles. The molecular weight excluding hydrogens is 294 g/mol. The number of para-hydroxylation sites is 1. The molecule has 3 rings (SSSR count). The number of cyclic esters (lactones) is 1. The number of carbonyl (C=O) groups excluding carboxylic acids is 1. The number of rotatable bonds is 3. The lowest BCUT2D eigenvalue weighted by Crippen LogP contribution is -1.98. The van der Waals surface area contributed by atoms with Gasteiger partial charge in [0, 0.05) is 11.6 Å². The number of nitro benzene ring substituents is 1. The van der Waals surface area contributed by atoms with Gasteiger partial charge >= 0.3 is 5.97 Å². The summed E-state index contributed by atoms with van der Waals surface area (Å²) in [5.41, 5.74) is 2.50. The number of ether oxygens (including phenoxy) is 1. The van der Waals surface area contributed by atoms with Gasteiger partial charge in [0.15, 0.2) is 0 Å². The molecule has 1 aliphatic rings. The van der Waals surface area contributed by atoms with Crippen LogP contribution in [0.5, 0.6) is 0 Å². The van der Waals surface area contributed by atoms with Crippen molar-refractivity contribution in [1.82, 2.24) is 0 Å². The zero-order chi connectivity index (χ0) is 16.4. The summed E-state index contributed by atoms with van der Waals surface area (Å²) in [5, 5.41) is 11.0. The molecule has 0 unspecified atom stereocenters. The van der Waals surface area contributed by atoms with Crippen molar-refractivity contribution in [3.05, 3.63) is 87.0 Å². The number of hydrogen-bond donors (Lipinski definition) is 0. The van der Waals surface area contributed by atoms with Gasteiger partial charge < -0.3 is 4.74 Å². The number of nitro groups is 1. The Hall–Kier alpha value is -3.21. The van der Waals surface area contributed by atoms with Gasteiger partial charge in [0.25, 0.3) is 5.69 Å². The minimum Gasteiger partial charge on any atom is -0.422 e. The summed E-state index contributed by atoms with van der Waals surface area (Å²) >= 11 is 0. The summed E-state index contributed by atoms with van der Waals surface area (Å²) in [6, 6.07) is 13.8. The van der Waals surface area contributed by atoms with Crippen molar-refractivity contribution in [3.8, 4) is 0 Å². The third-order valence-corrected chi connectivity index (χ3v) is 3.51. The van der Waals surface area contributed by atoms with Crippen LogP contribution in [-0.4, -0.2) is 10.9 Å². The van der Waals surface area contributed by atoms with Gasteiger partial charge in [-0.1, -0.05) is 42.0 Å². The molecule has 0 aromatic heterocycles. The Balaban J connectivity index is 1.99. The predicted molar refractivity (Wildman–Crippen MR) is 86.3 cm³/mol. The first-order chi connectivity index (χ1) is 11.0. The van der Waals surface area contributed by atoms with Crippen molar-refractivity contribution in [2.75, 3.05) is 0 Å². The molecule has 23 heavy (non-hydrogen) atoms. The van der Waals surface area contributed by atoms with Gasteiger partial charge in [0.1, 0.15) is 5.76 Å². The first kappa shape index (κ1) is 14.7. The molecule has 0 spiro atoms. The van der Waals surface area contributed by atoms with Gasteiger partial charge in [0.2, 0.25) is 0 Å². The fraction of sp³-hybridized carbons (Fsp3) is 0.0556. The van der Waals surface area contributed by atoms with Gasteiger partial charge in [-0.05, 0) is 25.1 Å². The molecule has 0 fully saturated rings. The molecule has 2 aromatic rings. The van der Waals surface area contributed by atoms with Crippen molar-refractivity contribution < 1.29 is 14.5 Å². The van der Waals surface area contributed by atoms with Gasteiger partial charge in [-0.25, -0.2) is 4.79 Å². The third-order valence-electron chi connectivity index (χ3n) is 3.51. The van der Waals surface area contributed by atoms with E-state index in [1.165, 1.54) is 12.1 Å². The van der Waals surface area contributed by atoms with E-state index < -0.39 is 10.9 Å². The van der Waals surface area contributed by atoms with Crippen LogP contribution in [0.3, 0.4) is 0 Å². The van der Waals surface area contributed by atoms with Crippen molar-refractivity contribution in [3.63, 3.8) is 0 Å². The molecule has 0 N–H and O–H groups in total. The summed E-state index contributed by atoms with van der Waals surface area (Å²) in [6.07, 6.45) is 3.07. The first-order valence-electron chi connectivity index (χ1n) is 7.00. The van der Waals surface area contributed by atoms with E-state index in [0.717, 1.165) is 11.1 Å². The van der Waals surface area contributed by atoms with Crippen molar-refractivity contribution >= 4 is 23.5 Å². The van der Waals surface area contributed by atoms with E-state index in [9.17, 15) is 14.9 Å². The molecule has 5 heteroatoms. The van der Waals surface area contributed by atoms with Gasteiger partial charge in [-0.15, -0.1) is 0 Å². The molecule has 0 radical (unpaired) electrons. The Morgan fingerprint density at radius 3 is 2.48 bits per heavy atom. The number of carbonyl (C=O) groups is 1. The molecule has 0 saturated carbocycles. The van der Waals surface area contributed by atoms with Crippen LogP contribution >= 0.6 is 0 Å². The highest BCUT2D eigenvalue weighted by Crippen LogP contribution is 2.29. The Bertz CT molecular complexity index is 848. The summed E-state index contributed by atoms with van der Waals surface area (Å²) in [5.74, 6) is -0.0708. The van der Waals surface area contributed by atoms with E-state index in [4.69, 9.17) is 4.74 Å². The van der Waals surface area contributed by atoms with Crippen LogP contribution < -0.4 is 0 Å². The molecule has 5 nitrogen and oxygen atoms in total. The average molecular weight is 307 g/mol. The van der Waals surface area contributed by atoms with Crippen LogP contribution in [0.25, 0.3) is 11.8 Å². The molecule has 1 aliphatic heterocycles. The quantitative estimate of drug-likeness (QED) is 0.373. The Morgan fingerprint density at radius 2 is 1.78 bits per heavy atom. The second-order valence-electron chi connectivity index (χ2n) is 5.18. The number of hydrogen-bond acceptors (Lipinski definition) is 4. The summed E-state index contributed by atoms with van der Waals surface area (Å²) in [7, 11) is 0. The number of nitrogens with zero attached hydrogens (tertiary/aromatic N) is 1. The molecule has 0 atom stereocenters. The Kier molecular flexibility index (Phi) is 3.76. The summed E-state index contributed by atoms with van der Waals surface area (Å²) < 4.78 is 5.26. The smallest absolute Gasteiger partial charge is 0.343 e. The highest BCUT2D eigenvalue weighted by Gasteiger charge is 2.23. The van der Waals surface area contributed by atoms with Crippen LogP contribution in [0, 0.1) is 17.0 Å². The van der Waals surface area contributed by atoms with Crippen molar-refractivity contribution in [1.29, 1.82) is 0 Å². The maximum Gasteiger partial charge on any atom is 0.343 e. The first-order valence-corrected chi connectivity index (χ1v) is 7.00. The standard InChI is InChI=1S/C18H13NO4/c1-12-6-8-13(9-7-12)17-11-15(18(20)23-17)10-14-4-2-3-5-16(14)19(21)22/h2-11H,1H3/b15-10-. The van der Waals surface area contributed by atoms with Gasteiger partial charge in [0.05, 0.1) is 16.1 Å². The predicted octanol–water partition coefficient (Wildman–Crippen LogP) is 3.88. The van der Waals surface area contributed by atoms with Crippen LogP contribution in [0.15, 0.2) is 60.2 Å². The van der Waals surface area contributed by atoms with Crippen molar-refractivity contribution in [2.24, 2.45) is 0 Å². The number of aryl methyl sites for hydroxylation is 1. The topological polar surface area (TPSA) is 69.4 Å². The molecule has 0 bridgehead atoms. The van der Waals surface area contributed by atoms with E-state index in [1.807, 2.05) is 31.2 Å². The lowest BCUT2D eigenvalue weighted by molar-refractivity contribution is -0.385. The molecular formula is C18H13NO4. The zero-order valence-corrected chi connectivity index (χ0v) is 12.4. The molecule has 0 saturated heterocycles. The maximum atomic E-state index is 12.0. The fourth-order valence-corrected chi connectivity index (χ4v) is 2.29. The minimum atomic E-state index is -0.515. The SMILES string of the molecule is Cc1ccc(C2=C/C(=C/c3ccccc3[N+](=O)[O-])C(=O)O2)cc1. The van der Waals surface area contributed by atoms with E-state index in [-0.39, 0.29) is 11.3 Å². The molecule has 114 valence electrons. The van der Waals surface area contributed by atoms with E-state index in [0.29, 0.717) is 11.3 Å². The Morgan fingerprint density at radius 1 is 1.09 bits per heavy atom. The molecule has 0 amide bonds. The van der Waals surface area contributed by atoms with E-state index in [2.05, 4.69) is 0 Å². The van der Waals surface area contributed by atoms with E-state index in [1.54, 1.807) is 24.3 Å². The fourth-order valence-electron chi connectivity index (χ4n) is 2.29. The van der Waals surface area contributed by atoms with Crippen LogP contribution in [0.1, 0.15) is 16.7 Å².